The molecule has 3 aromatic heterocycles. The summed E-state index contributed by atoms with van der Waals surface area (Å²) in [7, 11) is 0. The Kier molecular flexibility index (Phi) is 3.76. The zero-order valence-corrected chi connectivity index (χ0v) is 13.7. The van der Waals surface area contributed by atoms with Gasteiger partial charge in [0.2, 0.25) is 0 Å². The van der Waals surface area contributed by atoms with Crippen molar-refractivity contribution in [2.24, 2.45) is 0 Å². The Morgan fingerprint density at radius 1 is 1.25 bits per heavy atom. The number of pyridine rings is 2. The van der Waals surface area contributed by atoms with Crippen LogP contribution >= 0.6 is 0 Å². The number of hydrogen-bond donors (Lipinski definition) is 0. The molecule has 1 aliphatic rings. The molecule has 0 radical (unpaired) electrons. The van der Waals surface area contributed by atoms with Crippen molar-refractivity contribution in [2.45, 2.75) is 25.7 Å². The molecule has 4 rings (SSSR count). The van der Waals surface area contributed by atoms with Crippen molar-refractivity contribution in [1.29, 1.82) is 0 Å². The summed E-state index contributed by atoms with van der Waals surface area (Å²) in [6.45, 7) is 3.56. The van der Waals surface area contributed by atoms with E-state index < -0.39 is 0 Å². The fraction of sp³-hybridized carbons (Fsp3) is 0.316. The van der Waals surface area contributed by atoms with E-state index in [4.69, 9.17) is 0 Å². The van der Waals surface area contributed by atoms with Crippen LogP contribution in [0.15, 0.2) is 48.9 Å². The minimum Gasteiger partial charge on any atom is -0.338 e. The highest BCUT2D eigenvalue weighted by Gasteiger charge is 2.27. The Hall–Kier alpha value is -2.69. The minimum absolute atomic E-state index is 0.0711. The molecule has 0 bridgehead atoms. The van der Waals surface area contributed by atoms with Crippen molar-refractivity contribution in [3.8, 4) is 0 Å². The van der Waals surface area contributed by atoms with Gasteiger partial charge in [-0.05, 0) is 44.0 Å². The predicted molar refractivity (Wildman–Crippen MR) is 92.0 cm³/mol. The number of aryl methyl sites for hydroxylation is 1. The molecule has 122 valence electrons. The van der Waals surface area contributed by atoms with E-state index in [-0.39, 0.29) is 5.91 Å². The summed E-state index contributed by atoms with van der Waals surface area (Å²) in [6.07, 6.45) is 7.52. The third-order valence-electron chi connectivity index (χ3n) is 4.68. The lowest BCUT2D eigenvalue weighted by atomic mass is 9.93. The fourth-order valence-corrected chi connectivity index (χ4v) is 3.56. The maximum Gasteiger partial charge on any atom is 0.255 e. The second-order valence-electron chi connectivity index (χ2n) is 6.39. The molecule has 0 spiro atoms. The van der Waals surface area contributed by atoms with Gasteiger partial charge in [0.1, 0.15) is 5.65 Å². The molecule has 1 fully saturated rings. The zero-order chi connectivity index (χ0) is 16.5. The molecule has 0 aliphatic carbocycles. The molecular weight excluding hydrogens is 300 g/mol. The predicted octanol–water partition coefficient (Wildman–Crippen LogP) is 3.06. The molecule has 0 aromatic carbocycles. The van der Waals surface area contributed by atoms with Gasteiger partial charge in [-0.25, -0.2) is 4.98 Å². The van der Waals surface area contributed by atoms with Crippen LogP contribution in [0.2, 0.25) is 0 Å². The number of nitrogens with zero attached hydrogens (tertiary/aromatic N) is 4. The van der Waals surface area contributed by atoms with Crippen LogP contribution in [0.5, 0.6) is 0 Å². The van der Waals surface area contributed by atoms with Crippen molar-refractivity contribution in [2.75, 3.05) is 13.1 Å². The number of hydrogen-bond acceptors (Lipinski definition) is 3. The normalized spacial score (nSPS) is 18.0. The van der Waals surface area contributed by atoms with Crippen molar-refractivity contribution < 1.29 is 4.79 Å². The molecule has 4 heterocycles. The van der Waals surface area contributed by atoms with Crippen molar-refractivity contribution in [3.05, 3.63) is 65.9 Å². The van der Waals surface area contributed by atoms with Gasteiger partial charge in [0.05, 0.1) is 11.3 Å². The summed E-state index contributed by atoms with van der Waals surface area (Å²) in [5, 5.41) is 0. The molecular formula is C19H20N4O. The van der Waals surface area contributed by atoms with Gasteiger partial charge >= 0.3 is 0 Å². The van der Waals surface area contributed by atoms with E-state index in [0.29, 0.717) is 11.5 Å². The van der Waals surface area contributed by atoms with Gasteiger partial charge in [0, 0.05) is 43.3 Å². The van der Waals surface area contributed by atoms with E-state index in [2.05, 4.69) is 32.7 Å². The van der Waals surface area contributed by atoms with Crippen LogP contribution in [0.3, 0.4) is 0 Å². The molecule has 0 N–H and O–H groups in total. The van der Waals surface area contributed by atoms with E-state index in [1.807, 2.05) is 30.0 Å². The number of carbonyl (C=O) groups excluding carboxylic acids is 1. The number of aromatic nitrogens is 3. The molecule has 1 amide bonds. The number of likely N-dealkylation sites (tertiary alicyclic amines) is 1. The maximum atomic E-state index is 12.7. The molecule has 0 unspecified atom stereocenters. The number of amides is 1. The first-order chi connectivity index (χ1) is 11.7. The van der Waals surface area contributed by atoms with Gasteiger partial charge in [-0.3, -0.25) is 9.78 Å². The maximum absolute atomic E-state index is 12.7. The van der Waals surface area contributed by atoms with Gasteiger partial charge < -0.3 is 9.30 Å². The zero-order valence-electron chi connectivity index (χ0n) is 13.7. The van der Waals surface area contributed by atoms with Crippen molar-refractivity contribution in [1.82, 2.24) is 19.3 Å². The highest BCUT2D eigenvalue weighted by molar-refractivity contribution is 5.94. The Labute approximate surface area is 141 Å². The molecule has 0 saturated carbocycles. The number of rotatable bonds is 2. The Balaban J connectivity index is 1.61. The first-order valence-corrected chi connectivity index (χ1v) is 8.36. The van der Waals surface area contributed by atoms with Gasteiger partial charge in [-0.15, -0.1) is 0 Å². The summed E-state index contributed by atoms with van der Waals surface area (Å²) in [5.41, 5.74) is 3.88. The van der Waals surface area contributed by atoms with Crippen LogP contribution < -0.4 is 0 Å². The quantitative estimate of drug-likeness (QED) is 0.729. The second-order valence-corrected chi connectivity index (χ2v) is 6.39. The van der Waals surface area contributed by atoms with E-state index in [1.54, 1.807) is 12.4 Å². The van der Waals surface area contributed by atoms with E-state index in [9.17, 15) is 4.79 Å². The topological polar surface area (TPSA) is 50.5 Å². The average molecular weight is 320 g/mol. The van der Waals surface area contributed by atoms with Gasteiger partial charge in [0.25, 0.3) is 5.91 Å². The van der Waals surface area contributed by atoms with Crippen LogP contribution in [-0.2, 0) is 0 Å². The summed E-state index contributed by atoms with van der Waals surface area (Å²) < 4.78 is 2.16. The highest BCUT2D eigenvalue weighted by Crippen LogP contribution is 2.28. The van der Waals surface area contributed by atoms with Gasteiger partial charge in [-0.1, -0.05) is 6.07 Å². The Morgan fingerprint density at radius 3 is 3.00 bits per heavy atom. The fourth-order valence-electron chi connectivity index (χ4n) is 3.56. The Bertz CT molecular complexity index is 871. The minimum atomic E-state index is 0.0711. The van der Waals surface area contributed by atoms with Crippen LogP contribution in [0.1, 0.15) is 40.5 Å². The smallest absolute Gasteiger partial charge is 0.255 e. The lowest BCUT2D eigenvalue weighted by Crippen LogP contribution is -2.39. The number of fused-ring (bicyclic) bond motifs is 1. The van der Waals surface area contributed by atoms with Crippen molar-refractivity contribution >= 4 is 11.6 Å². The molecule has 3 aromatic rings. The molecule has 5 nitrogen and oxygen atoms in total. The second kappa shape index (κ2) is 6.07. The monoisotopic (exact) mass is 320 g/mol. The largest absolute Gasteiger partial charge is 0.338 e. The first-order valence-electron chi connectivity index (χ1n) is 8.36. The summed E-state index contributed by atoms with van der Waals surface area (Å²) in [6, 6.07) is 9.87. The number of carbonyl (C=O) groups is 1. The number of piperidine rings is 1. The average Bonchev–Trinajstić information content (AvgIpc) is 3.02. The molecule has 1 aliphatic heterocycles. The van der Waals surface area contributed by atoms with Crippen LogP contribution in [0.25, 0.3) is 5.65 Å². The Morgan fingerprint density at radius 2 is 2.17 bits per heavy atom. The van der Waals surface area contributed by atoms with E-state index >= 15 is 0 Å². The molecule has 1 atom stereocenters. The van der Waals surface area contributed by atoms with Crippen LogP contribution in [0.4, 0.5) is 0 Å². The lowest BCUT2D eigenvalue weighted by Gasteiger charge is -2.33. The lowest BCUT2D eigenvalue weighted by molar-refractivity contribution is 0.0705. The summed E-state index contributed by atoms with van der Waals surface area (Å²) >= 11 is 0. The van der Waals surface area contributed by atoms with Crippen molar-refractivity contribution in [3.63, 3.8) is 0 Å². The number of imidazole rings is 1. The van der Waals surface area contributed by atoms with E-state index in [0.717, 1.165) is 37.3 Å². The molecule has 5 heteroatoms. The van der Waals surface area contributed by atoms with E-state index in [1.165, 1.54) is 5.69 Å². The highest BCUT2D eigenvalue weighted by atomic mass is 16.2. The SMILES string of the molecule is Cc1cn2c([C@@H]3CCCN(C(=O)c4cccnc4)C3)cccc2n1. The summed E-state index contributed by atoms with van der Waals surface area (Å²) in [5.74, 6) is 0.401. The molecule has 24 heavy (non-hydrogen) atoms. The standard InChI is InChI=1S/C19H20N4O/c1-14-12-23-17(7-2-8-18(23)21-14)16-6-4-10-22(13-16)19(24)15-5-3-9-20-11-15/h2-3,5,7-9,11-12,16H,4,6,10,13H2,1H3/t16-/m1/s1. The van der Waals surface area contributed by atoms with Gasteiger partial charge in [0.15, 0.2) is 0 Å². The molecule has 1 saturated heterocycles. The third kappa shape index (κ3) is 2.66. The van der Waals surface area contributed by atoms with Gasteiger partial charge in [-0.2, -0.15) is 0 Å². The first kappa shape index (κ1) is 14.9. The van der Waals surface area contributed by atoms with Crippen LogP contribution in [0, 0.1) is 6.92 Å². The summed E-state index contributed by atoms with van der Waals surface area (Å²) in [4.78, 5) is 23.3. The van der Waals surface area contributed by atoms with Crippen LogP contribution in [-0.4, -0.2) is 38.3 Å². The third-order valence-corrected chi connectivity index (χ3v) is 4.68.